The first-order valence-corrected chi connectivity index (χ1v) is 4.17. The number of fused-ring (bicyclic) bond motifs is 1. The lowest BCUT2D eigenvalue weighted by molar-refractivity contribution is 0.0698. The van der Waals surface area contributed by atoms with Crippen molar-refractivity contribution < 1.29 is 14.3 Å². The highest BCUT2D eigenvalue weighted by Crippen LogP contribution is 2.32. The SMILES string of the molecule is Nc1c(C(=O)O)cc(Cl)c2ccoc12. The van der Waals surface area contributed by atoms with E-state index in [0.717, 1.165) is 0 Å². The Morgan fingerprint density at radius 2 is 2.29 bits per heavy atom. The minimum Gasteiger partial charge on any atom is -0.478 e. The number of hydrogen-bond acceptors (Lipinski definition) is 3. The quantitative estimate of drug-likeness (QED) is 0.710. The highest BCUT2D eigenvalue weighted by Gasteiger charge is 2.15. The van der Waals surface area contributed by atoms with E-state index in [0.29, 0.717) is 16.0 Å². The van der Waals surface area contributed by atoms with Crippen LogP contribution in [-0.4, -0.2) is 11.1 Å². The molecule has 5 heteroatoms. The van der Waals surface area contributed by atoms with Gasteiger partial charge in [-0.3, -0.25) is 0 Å². The fraction of sp³-hybridized carbons (Fsp3) is 0. The van der Waals surface area contributed by atoms with E-state index in [4.69, 9.17) is 26.9 Å². The monoisotopic (exact) mass is 211 g/mol. The number of nitrogen functional groups attached to an aromatic ring is 1. The first-order chi connectivity index (χ1) is 6.61. The van der Waals surface area contributed by atoms with Crippen molar-refractivity contribution in [3.63, 3.8) is 0 Å². The maximum Gasteiger partial charge on any atom is 0.337 e. The minimum atomic E-state index is -1.12. The van der Waals surface area contributed by atoms with Gasteiger partial charge in [0.25, 0.3) is 0 Å². The zero-order chi connectivity index (χ0) is 10.3. The molecule has 0 aliphatic heterocycles. The van der Waals surface area contributed by atoms with Crippen molar-refractivity contribution in [1.82, 2.24) is 0 Å². The molecule has 1 aromatic carbocycles. The number of furan rings is 1. The first kappa shape index (κ1) is 8.90. The smallest absolute Gasteiger partial charge is 0.337 e. The van der Waals surface area contributed by atoms with E-state index in [2.05, 4.69) is 0 Å². The summed E-state index contributed by atoms with van der Waals surface area (Å²) >= 11 is 5.84. The fourth-order valence-corrected chi connectivity index (χ4v) is 1.55. The molecular formula is C9H6ClNO3. The van der Waals surface area contributed by atoms with Gasteiger partial charge in [0.2, 0.25) is 0 Å². The van der Waals surface area contributed by atoms with Crippen LogP contribution >= 0.6 is 11.6 Å². The van der Waals surface area contributed by atoms with Crippen LogP contribution in [0.15, 0.2) is 22.8 Å². The molecule has 14 heavy (non-hydrogen) atoms. The molecule has 0 amide bonds. The van der Waals surface area contributed by atoms with Gasteiger partial charge in [-0.05, 0) is 12.1 Å². The second-order valence-electron chi connectivity index (χ2n) is 2.79. The zero-order valence-electron chi connectivity index (χ0n) is 6.95. The Labute approximate surface area is 83.9 Å². The summed E-state index contributed by atoms with van der Waals surface area (Å²) in [4.78, 5) is 10.8. The molecule has 0 spiro atoms. The number of rotatable bonds is 1. The molecule has 0 fully saturated rings. The number of hydrogen-bond donors (Lipinski definition) is 2. The molecule has 2 aromatic rings. The van der Waals surface area contributed by atoms with E-state index in [1.165, 1.54) is 12.3 Å². The third kappa shape index (κ3) is 1.12. The normalized spacial score (nSPS) is 10.6. The zero-order valence-corrected chi connectivity index (χ0v) is 7.71. The van der Waals surface area contributed by atoms with Gasteiger partial charge in [0.1, 0.15) is 0 Å². The Bertz CT molecular complexity index is 518. The summed E-state index contributed by atoms with van der Waals surface area (Å²) < 4.78 is 5.05. The molecule has 72 valence electrons. The highest BCUT2D eigenvalue weighted by molar-refractivity contribution is 6.36. The van der Waals surface area contributed by atoms with Crippen molar-refractivity contribution in [3.05, 3.63) is 29.0 Å². The van der Waals surface area contributed by atoms with Crippen LogP contribution < -0.4 is 5.73 Å². The molecule has 1 heterocycles. The number of carbonyl (C=O) groups is 1. The maximum absolute atomic E-state index is 10.8. The van der Waals surface area contributed by atoms with Crippen molar-refractivity contribution in [2.24, 2.45) is 0 Å². The van der Waals surface area contributed by atoms with Gasteiger partial charge >= 0.3 is 5.97 Å². The predicted molar refractivity (Wildman–Crippen MR) is 52.6 cm³/mol. The Hall–Kier alpha value is -1.68. The van der Waals surface area contributed by atoms with E-state index in [1.54, 1.807) is 6.07 Å². The molecule has 0 aliphatic carbocycles. The van der Waals surface area contributed by atoms with Gasteiger partial charge < -0.3 is 15.3 Å². The lowest BCUT2D eigenvalue weighted by atomic mass is 10.1. The topological polar surface area (TPSA) is 76.5 Å². The van der Waals surface area contributed by atoms with Crippen molar-refractivity contribution in [3.8, 4) is 0 Å². The number of aromatic carboxylic acids is 1. The standard InChI is InChI=1S/C9H6ClNO3/c10-6-3-5(9(12)13)7(11)8-4(6)1-2-14-8/h1-3H,11H2,(H,12,13). The van der Waals surface area contributed by atoms with Crippen LogP contribution in [0.4, 0.5) is 5.69 Å². The lowest BCUT2D eigenvalue weighted by Crippen LogP contribution is -2.02. The molecular weight excluding hydrogens is 206 g/mol. The van der Waals surface area contributed by atoms with E-state index in [1.807, 2.05) is 0 Å². The molecule has 4 nitrogen and oxygen atoms in total. The van der Waals surface area contributed by atoms with Crippen molar-refractivity contribution in [2.45, 2.75) is 0 Å². The average Bonchev–Trinajstić information content (AvgIpc) is 2.59. The molecule has 0 bridgehead atoms. The van der Waals surface area contributed by atoms with Crippen LogP contribution in [0, 0.1) is 0 Å². The van der Waals surface area contributed by atoms with E-state index >= 15 is 0 Å². The van der Waals surface area contributed by atoms with Gasteiger partial charge in [0.15, 0.2) is 5.58 Å². The van der Waals surface area contributed by atoms with Gasteiger partial charge in [-0.2, -0.15) is 0 Å². The summed E-state index contributed by atoms with van der Waals surface area (Å²) in [7, 11) is 0. The van der Waals surface area contributed by atoms with Crippen LogP contribution in [0.3, 0.4) is 0 Å². The van der Waals surface area contributed by atoms with Gasteiger partial charge in [0, 0.05) is 5.39 Å². The van der Waals surface area contributed by atoms with Gasteiger partial charge in [-0.1, -0.05) is 11.6 Å². The summed E-state index contributed by atoms with van der Waals surface area (Å²) in [5, 5.41) is 9.75. The van der Waals surface area contributed by atoms with Crippen LogP contribution in [0.1, 0.15) is 10.4 Å². The molecule has 0 unspecified atom stereocenters. The first-order valence-electron chi connectivity index (χ1n) is 3.79. The molecule has 0 aliphatic rings. The molecule has 2 rings (SSSR count). The van der Waals surface area contributed by atoms with Gasteiger partial charge in [-0.15, -0.1) is 0 Å². The molecule has 0 radical (unpaired) electrons. The van der Waals surface area contributed by atoms with Crippen LogP contribution in [0.5, 0.6) is 0 Å². The number of halogens is 1. The third-order valence-electron chi connectivity index (χ3n) is 1.96. The Morgan fingerprint density at radius 1 is 1.57 bits per heavy atom. The predicted octanol–water partition coefficient (Wildman–Crippen LogP) is 2.37. The number of carboxylic acids is 1. The molecule has 3 N–H and O–H groups in total. The van der Waals surface area contributed by atoms with E-state index in [9.17, 15) is 4.79 Å². The lowest BCUT2D eigenvalue weighted by Gasteiger charge is -2.02. The number of benzene rings is 1. The summed E-state index contributed by atoms with van der Waals surface area (Å²) in [6.45, 7) is 0. The largest absolute Gasteiger partial charge is 0.478 e. The van der Waals surface area contributed by atoms with Crippen LogP contribution in [0.25, 0.3) is 11.0 Å². The minimum absolute atomic E-state index is 0.0440. The second kappa shape index (κ2) is 2.92. The molecule has 1 aromatic heterocycles. The van der Waals surface area contributed by atoms with Crippen molar-refractivity contribution in [2.75, 3.05) is 5.73 Å². The summed E-state index contributed by atoms with van der Waals surface area (Å²) in [6, 6.07) is 2.96. The van der Waals surface area contributed by atoms with Gasteiger partial charge in [0.05, 0.1) is 22.5 Å². The molecule has 0 saturated carbocycles. The second-order valence-corrected chi connectivity index (χ2v) is 3.20. The van der Waals surface area contributed by atoms with Gasteiger partial charge in [-0.25, -0.2) is 4.79 Å². The maximum atomic E-state index is 10.8. The van der Waals surface area contributed by atoms with Crippen LogP contribution in [0.2, 0.25) is 5.02 Å². The summed E-state index contributed by atoms with van der Waals surface area (Å²) in [6.07, 6.45) is 1.42. The highest BCUT2D eigenvalue weighted by atomic mass is 35.5. The summed E-state index contributed by atoms with van der Waals surface area (Å²) in [5.41, 5.74) is 5.97. The number of carboxylic acid groups (broad SMARTS) is 1. The van der Waals surface area contributed by atoms with E-state index < -0.39 is 5.97 Å². The molecule has 0 atom stereocenters. The Morgan fingerprint density at radius 3 is 2.93 bits per heavy atom. The fourth-order valence-electron chi connectivity index (χ4n) is 1.29. The number of anilines is 1. The Kier molecular flexibility index (Phi) is 1.86. The van der Waals surface area contributed by atoms with Crippen molar-refractivity contribution in [1.29, 1.82) is 0 Å². The number of nitrogens with two attached hydrogens (primary N) is 1. The average molecular weight is 212 g/mol. The van der Waals surface area contributed by atoms with Crippen molar-refractivity contribution >= 4 is 34.2 Å². The third-order valence-corrected chi connectivity index (χ3v) is 2.27. The van der Waals surface area contributed by atoms with E-state index in [-0.39, 0.29) is 11.3 Å². The Balaban J connectivity index is 2.88. The molecule has 0 saturated heterocycles. The van der Waals surface area contributed by atoms with Crippen LogP contribution in [-0.2, 0) is 0 Å². The summed E-state index contributed by atoms with van der Waals surface area (Å²) in [5.74, 6) is -1.12.